The second-order valence-electron chi connectivity index (χ2n) is 8.15. The number of benzene rings is 1. The quantitative estimate of drug-likeness (QED) is 0.540. The van der Waals surface area contributed by atoms with Crippen LogP contribution in [0.1, 0.15) is 66.4 Å². The van der Waals surface area contributed by atoms with Crippen molar-refractivity contribution in [1.82, 2.24) is 9.29 Å². The molecule has 1 atom stereocenters. The topological polar surface area (TPSA) is 96.4 Å². The summed E-state index contributed by atoms with van der Waals surface area (Å²) in [6, 6.07) is 5.13. The second kappa shape index (κ2) is 9.18. The van der Waals surface area contributed by atoms with E-state index < -0.39 is 16.1 Å². The maximum absolute atomic E-state index is 13.3. The normalized spacial score (nSPS) is 20.0. The zero-order valence-corrected chi connectivity index (χ0v) is 19.2. The van der Waals surface area contributed by atoms with Gasteiger partial charge in [-0.2, -0.15) is 4.31 Å². The van der Waals surface area contributed by atoms with Crippen LogP contribution in [0.5, 0.6) is 0 Å². The molecular formula is C22H27N3O4S2. The molecule has 0 radical (unpaired) electrons. The van der Waals surface area contributed by atoms with Crippen LogP contribution in [-0.4, -0.2) is 42.0 Å². The van der Waals surface area contributed by atoms with E-state index in [-0.39, 0.29) is 16.6 Å². The Bertz CT molecular complexity index is 1050. The Labute approximate surface area is 186 Å². The summed E-state index contributed by atoms with van der Waals surface area (Å²) in [5, 5.41) is 3.45. The lowest BCUT2D eigenvalue weighted by molar-refractivity contribution is -0.120. The monoisotopic (exact) mass is 461 g/mol. The average Bonchev–Trinajstić information content (AvgIpc) is 3.01. The molecule has 166 valence electrons. The molecule has 1 saturated heterocycles. The van der Waals surface area contributed by atoms with E-state index in [4.69, 9.17) is 0 Å². The van der Waals surface area contributed by atoms with E-state index >= 15 is 0 Å². The minimum atomic E-state index is -3.85. The molecule has 1 aliphatic heterocycles. The number of hydrogen-bond donors (Lipinski definition) is 1. The summed E-state index contributed by atoms with van der Waals surface area (Å²) in [5.41, 5.74) is 1.52. The van der Waals surface area contributed by atoms with Crippen LogP contribution in [0.25, 0.3) is 0 Å². The number of piperidine rings is 1. The van der Waals surface area contributed by atoms with E-state index in [0.29, 0.717) is 30.1 Å². The van der Waals surface area contributed by atoms with Crippen molar-refractivity contribution in [2.45, 2.75) is 69.2 Å². The molecular weight excluding hydrogens is 434 g/mol. The molecule has 1 aromatic carbocycles. The van der Waals surface area contributed by atoms with E-state index in [1.165, 1.54) is 58.1 Å². The lowest BCUT2D eigenvalue weighted by Crippen LogP contribution is -2.49. The highest BCUT2D eigenvalue weighted by Crippen LogP contribution is 2.31. The Hall–Kier alpha value is -2.10. The molecule has 0 bridgehead atoms. The third-order valence-corrected chi connectivity index (χ3v) is 8.94. The first-order chi connectivity index (χ1) is 14.9. The molecule has 1 N–H and O–H groups in total. The maximum atomic E-state index is 13.3. The molecule has 1 fully saturated rings. The van der Waals surface area contributed by atoms with Crippen molar-refractivity contribution in [1.29, 1.82) is 0 Å². The number of carbonyl (C=O) groups excluding carboxylic acids is 2. The summed E-state index contributed by atoms with van der Waals surface area (Å²) >= 11 is 1.51. The predicted molar refractivity (Wildman–Crippen MR) is 120 cm³/mol. The van der Waals surface area contributed by atoms with Crippen LogP contribution in [0.4, 0.5) is 5.13 Å². The van der Waals surface area contributed by atoms with E-state index in [0.717, 1.165) is 37.8 Å². The van der Waals surface area contributed by atoms with Crippen molar-refractivity contribution in [3.63, 3.8) is 0 Å². The van der Waals surface area contributed by atoms with Crippen molar-refractivity contribution in [2.75, 3.05) is 11.9 Å². The molecule has 2 aromatic rings. The molecule has 1 aromatic heterocycles. The van der Waals surface area contributed by atoms with Gasteiger partial charge in [0.2, 0.25) is 15.9 Å². The first-order valence-corrected chi connectivity index (χ1v) is 13.0. The first kappa shape index (κ1) is 22.1. The summed E-state index contributed by atoms with van der Waals surface area (Å²) in [6.07, 6.45) is 7.35. The molecule has 0 saturated carbocycles. The third kappa shape index (κ3) is 4.73. The van der Waals surface area contributed by atoms with Gasteiger partial charge in [-0.05, 0) is 57.6 Å². The van der Waals surface area contributed by atoms with Gasteiger partial charge < -0.3 is 5.32 Å². The van der Waals surface area contributed by atoms with Crippen LogP contribution >= 0.6 is 11.3 Å². The number of hydrogen-bond acceptors (Lipinski definition) is 6. The van der Waals surface area contributed by atoms with Gasteiger partial charge in [-0.3, -0.25) is 9.59 Å². The number of thiazole rings is 1. The number of aryl methyl sites for hydroxylation is 2. The number of anilines is 1. The Kier molecular flexibility index (Phi) is 6.55. The fourth-order valence-corrected chi connectivity index (χ4v) is 6.93. The van der Waals surface area contributed by atoms with Crippen molar-refractivity contribution >= 4 is 38.2 Å². The lowest BCUT2D eigenvalue weighted by Gasteiger charge is -2.33. The van der Waals surface area contributed by atoms with Crippen LogP contribution in [-0.2, 0) is 27.7 Å². The largest absolute Gasteiger partial charge is 0.301 e. The van der Waals surface area contributed by atoms with Crippen LogP contribution in [0, 0.1) is 0 Å². The zero-order chi connectivity index (χ0) is 22.0. The SMILES string of the molecule is CC(=O)c1ccc(S(=O)(=O)N2CCCCC2C(=O)Nc2nc3c(s2)CCCCC3)cc1. The highest BCUT2D eigenvalue weighted by Gasteiger charge is 2.38. The summed E-state index contributed by atoms with van der Waals surface area (Å²) in [4.78, 5) is 30.5. The number of aromatic nitrogens is 1. The molecule has 2 heterocycles. The minimum absolute atomic E-state index is 0.0955. The van der Waals surface area contributed by atoms with Gasteiger partial charge in [0, 0.05) is 17.0 Å². The molecule has 4 rings (SSSR count). The highest BCUT2D eigenvalue weighted by atomic mass is 32.2. The van der Waals surface area contributed by atoms with Gasteiger partial charge in [-0.15, -0.1) is 11.3 Å². The third-order valence-electron chi connectivity index (χ3n) is 5.95. The van der Waals surface area contributed by atoms with E-state index in [2.05, 4.69) is 10.3 Å². The number of amides is 1. The summed E-state index contributed by atoms with van der Waals surface area (Å²) in [5.74, 6) is -0.450. The second-order valence-corrected chi connectivity index (χ2v) is 11.1. The predicted octanol–water partition coefficient (Wildman–Crippen LogP) is 3.80. The number of nitrogens with one attached hydrogen (secondary N) is 1. The number of ketones is 1. The molecule has 1 amide bonds. The van der Waals surface area contributed by atoms with Crippen molar-refractivity contribution in [3.8, 4) is 0 Å². The van der Waals surface area contributed by atoms with Crippen molar-refractivity contribution < 1.29 is 18.0 Å². The van der Waals surface area contributed by atoms with Gasteiger partial charge in [0.15, 0.2) is 10.9 Å². The van der Waals surface area contributed by atoms with Crippen LogP contribution < -0.4 is 5.32 Å². The fourth-order valence-electron chi connectivity index (χ4n) is 4.22. The molecule has 1 unspecified atom stereocenters. The molecule has 0 spiro atoms. The summed E-state index contributed by atoms with van der Waals surface area (Å²) < 4.78 is 27.9. The number of rotatable bonds is 5. The molecule has 31 heavy (non-hydrogen) atoms. The Balaban J connectivity index is 1.54. The Morgan fingerprint density at radius 2 is 1.81 bits per heavy atom. The summed E-state index contributed by atoms with van der Waals surface area (Å²) in [7, 11) is -3.85. The van der Waals surface area contributed by atoms with Crippen LogP contribution in [0.3, 0.4) is 0 Å². The molecule has 9 heteroatoms. The van der Waals surface area contributed by atoms with E-state index in [9.17, 15) is 18.0 Å². The van der Waals surface area contributed by atoms with Gasteiger partial charge in [0.05, 0.1) is 10.6 Å². The Morgan fingerprint density at radius 1 is 1.06 bits per heavy atom. The van der Waals surface area contributed by atoms with Crippen molar-refractivity contribution in [3.05, 3.63) is 40.4 Å². The molecule has 1 aliphatic carbocycles. The maximum Gasteiger partial charge on any atom is 0.244 e. The number of Topliss-reactive ketones (excluding diaryl/α,β-unsaturated/α-hetero) is 1. The van der Waals surface area contributed by atoms with Gasteiger partial charge in [0.1, 0.15) is 6.04 Å². The van der Waals surface area contributed by atoms with E-state index in [1.807, 2.05) is 0 Å². The standard InChI is InChI=1S/C22H27N3O4S2/c1-15(26)16-10-12-17(13-11-16)31(28,29)25-14-6-5-8-19(25)21(27)24-22-23-18-7-3-2-4-9-20(18)30-22/h10-13,19H,2-9,14H2,1H3,(H,23,24,27). The molecule has 7 nitrogen and oxygen atoms in total. The van der Waals surface area contributed by atoms with Gasteiger partial charge in [0.25, 0.3) is 0 Å². The Morgan fingerprint density at radius 3 is 2.55 bits per heavy atom. The fraction of sp³-hybridized carbons (Fsp3) is 0.500. The van der Waals surface area contributed by atoms with Crippen molar-refractivity contribution in [2.24, 2.45) is 0 Å². The first-order valence-electron chi connectivity index (χ1n) is 10.8. The average molecular weight is 462 g/mol. The van der Waals surface area contributed by atoms with E-state index in [1.54, 1.807) is 0 Å². The highest BCUT2D eigenvalue weighted by molar-refractivity contribution is 7.89. The minimum Gasteiger partial charge on any atom is -0.301 e. The number of carbonyl (C=O) groups is 2. The van der Waals surface area contributed by atoms with Crippen LogP contribution in [0.2, 0.25) is 0 Å². The molecule has 2 aliphatic rings. The zero-order valence-electron chi connectivity index (χ0n) is 17.6. The smallest absolute Gasteiger partial charge is 0.244 e. The summed E-state index contributed by atoms with van der Waals surface area (Å²) in [6.45, 7) is 1.73. The lowest BCUT2D eigenvalue weighted by atomic mass is 10.0. The van der Waals surface area contributed by atoms with Gasteiger partial charge in [-0.1, -0.05) is 25.0 Å². The van der Waals surface area contributed by atoms with Gasteiger partial charge >= 0.3 is 0 Å². The number of sulfonamides is 1. The number of nitrogens with zero attached hydrogens (tertiary/aromatic N) is 2. The number of fused-ring (bicyclic) bond motifs is 1. The van der Waals surface area contributed by atoms with Gasteiger partial charge in [-0.25, -0.2) is 13.4 Å². The van der Waals surface area contributed by atoms with Crippen LogP contribution in [0.15, 0.2) is 29.2 Å².